The number of rotatable bonds is 2. The largest absolute Gasteiger partial charge is 0.323 e. The van der Waals surface area contributed by atoms with Crippen molar-refractivity contribution < 1.29 is 4.79 Å². The first kappa shape index (κ1) is 12.7. The maximum atomic E-state index is 12.0. The fraction of sp³-hybridized carbons (Fsp3) is 0.417. The highest BCUT2D eigenvalue weighted by Crippen LogP contribution is 2.30. The van der Waals surface area contributed by atoms with Crippen molar-refractivity contribution in [3.8, 4) is 0 Å². The average Bonchev–Trinajstić information content (AvgIpc) is 2.71. The lowest BCUT2D eigenvalue weighted by atomic mass is 10.0. The quantitative estimate of drug-likeness (QED) is 0.869. The zero-order valence-electron chi connectivity index (χ0n) is 9.47. The van der Waals surface area contributed by atoms with Crippen LogP contribution in [0.3, 0.4) is 0 Å². The molecular weight excluding hydrogens is 259 g/mol. The van der Waals surface area contributed by atoms with E-state index in [4.69, 9.17) is 23.2 Å². The summed E-state index contributed by atoms with van der Waals surface area (Å²) in [5.41, 5.74) is 0.560. The van der Waals surface area contributed by atoms with Gasteiger partial charge in [-0.3, -0.25) is 4.79 Å². The first-order valence-corrected chi connectivity index (χ1v) is 6.33. The third kappa shape index (κ3) is 2.73. The smallest absolute Gasteiger partial charge is 0.241 e. The van der Waals surface area contributed by atoms with Gasteiger partial charge in [0.1, 0.15) is 0 Å². The molecule has 2 rings (SSSR count). The monoisotopic (exact) mass is 272 g/mol. The molecule has 0 aromatic heterocycles. The summed E-state index contributed by atoms with van der Waals surface area (Å²) in [6.07, 6.45) is 1.02. The molecule has 1 saturated heterocycles. The molecule has 5 heteroatoms. The Morgan fingerprint density at radius 2 is 2.24 bits per heavy atom. The maximum absolute atomic E-state index is 12.0. The van der Waals surface area contributed by atoms with Gasteiger partial charge in [0.05, 0.1) is 21.8 Å². The van der Waals surface area contributed by atoms with Crippen molar-refractivity contribution in [2.75, 3.05) is 11.9 Å². The second-order valence-electron chi connectivity index (χ2n) is 4.29. The van der Waals surface area contributed by atoms with E-state index in [2.05, 4.69) is 17.6 Å². The van der Waals surface area contributed by atoms with Gasteiger partial charge in [0.15, 0.2) is 0 Å². The van der Waals surface area contributed by atoms with Crippen LogP contribution in [-0.2, 0) is 4.79 Å². The molecule has 17 heavy (non-hydrogen) atoms. The highest BCUT2D eigenvalue weighted by atomic mass is 35.5. The molecule has 1 aromatic carbocycles. The Hall–Kier alpha value is -0.770. The minimum atomic E-state index is -0.148. The topological polar surface area (TPSA) is 41.1 Å². The second-order valence-corrected chi connectivity index (χ2v) is 5.07. The number of anilines is 1. The Morgan fingerprint density at radius 1 is 1.47 bits per heavy atom. The molecule has 92 valence electrons. The van der Waals surface area contributed by atoms with E-state index in [1.54, 1.807) is 18.2 Å². The van der Waals surface area contributed by atoms with Crippen molar-refractivity contribution in [3.05, 3.63) is 28.2 Å². The summed E-state index contributed by atoms with van der Waals surface area (Å²) in [5, 5.41) is 6.80. The average molecular weight is 273 g/mol. The molecule has 2 unspecified atom stereocenters. The summed E-state index contributed by atoms with van der Waals surface area (Å²) in [6, 6.07) is 5.04. The van der Waals surface area contributed by atoms with Crippen LogP contribution >= 0.6 is 23.2 Å². The summed E-state index contributed by atoms with van der Waals surface area (Å²) < 4.78 is 0. The molecule has 0 aliphatic carbocycles. The highest BCUT2D eigenvalue weighted by Gasteiger charge is 2.29. The molecule has 1 aromatic rings. The SMILES string of the molecule is CC1CCNC1C(=O)Nc1cccc(Cl)c1Cl. The molecule has 2 N–H and O–H groups in total. The van der Waals surface area contributed by atoms with Gasteiger partial charge < -0.3 is 10.6 Å². The van der Waals surface area contributed by atoms with E-state index in [1.165, 1.54) is 0 Å². The summed E-state index contributed by atoms with van der Waals surface area (Å²) in [5.74, 6) is 0.284. The summed E-state index contributed by atoms with van der Waals surface area (Å²) >= 11 is 11.9. The Morgan fingerprint density at radius 3 is 2.88 bits per heavy atom. The fourth-order valence-corrected chi connectivity index (χ4v) is 2.34. The Balaban J connectivity index is 2.10. The zero-order valence-corrected chi connectivity index (χ0v) is 11.0. The lowest BCUT2D eigenvalue weighted by Gasteiger charge is -2.16. The number of benzene rings is 1. The number of halogens is 2. The Bertz CT molecular complexity index is 437. The number of amides is 1. The van der Waals surface area contributed by atoms with Gasteiger partial charge >= 0.3 is 0 Å². The van der Waals surface area contributed by atoms with Gasteiger partial charge in [0, 0.05) is 0 Å². The Kier molecular flexibility index (Phi) is 3.92. The van der Waals surface area contributed by atoms with E-state index in [0.717, 1.165) is 13.0 Å². The van der Waals surface area contributed by atoms with E-state index >= 15 is 0 Å². The molecule has 1 aliphatic heterocycles. The third-order valence-electron chi connectivity index (χ3n) is 3.02. The van der Waals surface area contributed by atoms with Crippen LogP contribution in [0.1, 0.15) is 13.3 Å². The van der Waals surface area contributed by atoms with Crippen molar-refractivity contribution in [3.63, 3.8) is 0 Å². The molecule has 0 bridgehead atoms. The van der Waals surface area contributed by atoms with Crippen LogP contribution in [0.25, 0.3) is 0 Å². The molecule has 0 spiro atoms. The number of hydrogen-bond acceptors (Lipinski definition) is 2. The van der Waals surface area contributed by atoms with E-state index in [1.807, 2.05) is 0 Å². The first-order chi connectivity index (χ1) is 8.09. The van der Waals surface area contributed by atoms with Gasteiger partial charge in [0.25, 0.3) is 0 Å². The Labute approximate surface area is 110 Å². The minimum absolute atomic E-state index is 0.0563. The van der Waals surface area contributed by atoms with E-state index < -0.39 is 0 Å². The molecule has 2 atom stereocenters. The van der Waals surface area contributed by atoms with Crippen LogP contribution in [0.4, 0.5) is 5.69 Å². The van der Waals surface area contributed by atoms with Crippen molar-refractivity contribution in [2.24, 2.45) is 5.92 Å². The van der Waals surface area contributed by atoms with Crippen LogP contribution in [-0.4, -0.2) is 18.5 Å². The van der Waals surface area contributed by atoms with Crippen molar-refractivity contribution in [1.29, 1.82) is 0 Å². The lowest BCUT2D eigenvalue weighted by molar-refractivity contribution is -0.118. The van der Waals surface area contributed by atoms with Crippen LogP contribution in [0, 0.1) is 5.92 Å². The standard InChI is InChI=1S/C12H14Cl2N2O/c1-7-5-6-15-11(7)12(17)16-9-4-2-3-8(13)10(9)14/h2-4,7,11,15H,5-6H2,1H3,(H,16,17). The number of carbonyl (C=O) groups is 1. The van der Waals surface area contributed by atoms with Gasteiger partial charge in [-0.2, -0.15) is 0 Å². The predicted molar refractivity (Wildman–Crippen MR) is 70.7 cm³/mol. The molecule has 1 heterocycles. The van der Waals surface area contributed by atoms with Gasteiger partial charge in [-0.15, -0.1) is 0 Å². The summed E-state index contributed by atoms with van der Waals surface area (Å²) in [6.45, 7) is 2.94. The fourth-order valence-electron chi connectivity index (χ4n) is 2.00. The molecule has 1 amide bonds. The van der Waals surface area contributed by atoms with Crippen LogP contribution in [0.15, 0.2) is 18.2 Å². The maximum Gasteiger partial charge on any atom is 0.241 e. The van der Waals surface area contributed by atoms with Crippen LogP contribution < -0.4 is 10.6 Å². The van der Waals surface area contributed by atoms with Crippen molar-refractivity contribution in [2.45, 2.75) is 19.4 Å². The predicted octanol–water partition coefficient (Wildman–Crippen LogP) is 2.93. The van der Waals surface area contributed by atoms with E-state index in [9.17, 15) is 4.79 Å². The summed E-state index contributed by atoms with van der Waals surface area (Å²) in [7, 11) is 0. The number of nitrogens with one attached hydrogen (secondary N) is 2. The third-order valence-corrected chi connectivity index (χ3v) is 3.84. The first-order valence-electron chi connectivity index (χ1n) is 5.58. The molecule has 1 fully saturated rings. The van der Waals surface area contributed by atoms with Gasteiger partial charge in [-0.25, -0.2) is 0 Å². The van der Waals surface area contributed by atoms with E-state index in [0.29, 0.717) is 21.7 Å². The van der Waals surface area contributed by atoms with Crippen LogP contribution in [0.5, 0.6) is 0 Å². The van der Waals surface area contributed by atoms with Gasteiger partial charge in [-0.1, -0.05) is 36.2 Å². The molecule has 0 saturated carbocycles. The van der Waals surface area contributed by atoms with E-state index in [-0.39, 0.29) is 11.9 Å². The molecular formula is C12H14Cl2N2O. The molecule has 3 nitrogen and oxygen atoms in total. The zero-order chi connectivity index (χ0) is 12.4. The lowest BCUT2D eigenvalue weighted by Crippen LogP contribution is -2.39. The molecule has 0 radical (unpaired) electrons. The number of carbonyl (C=O) groups excluding carboxylic acids is 1. The number of hydrogen-bond donors (Lipinski definition) is 2. The normalized spacial score (nSPS) is 23.7. The van der Waals surface area contributed by atoms with Crippen LogP contribution in [0.2, 0.25) is 10.0 Å². The highest BCUT2D eigenvalue weighted by molar-refractivity contribution is 6.44. The van der Waals surface area contributed by atoms with Gasteiger partial charge in [0.2, 0.25) is 5.91 Å². The minimum Gasteiger partial charge on any atom is -0.323 e. The molecule has 1 aliphatic rings. The van der Waals surface area contributed by atoms with Crippen molar-refractivity contribution in [1.82, 2.24) is 5.32 Å². The second kappa shape index (κ2) is 5.25. The van der Waals surface area contributed by atoms with Crippen molar-refractivity contribution >= 4 is 34.8 Å². The van der Waals surface area contributed by atoms with Gasteiger partial charge in [-0.05, 0) is 31.0 Å². The summed E-state index contributed by atoms with van der Waals surface area (Å²) in [4.78, 5) is 12.0.